The first kappa shape index (κ1) is 13.4. The molecule has 0 aliphatic carbocycles. The summed E-state index contributed by atoms with van der Waals surface area (Å²) in [6.07, 6.45) is 4.16. The highest BCUT2D eigenvalue weighted by Crippen LogP contribution is 2.22. The van der Waals surface area contributed by atoms with Gasteiger partial charge in [-0.05, 0) is 32.5 Å². The zero-order valence-corrected chi connectivity index (χ0v) is 11.5. The van der Waals surface area contributed by atoms with E-state index in [4.69, 9.17) is 4.74 Å². The molecule has 1 N–H and O–H groups in total. The van der Waals surface area contributed by atoms with Crippen LogP contribution in [0.4, 0.5) is 0 Å². The molecule has 2 rings (SSSR count). The van der Waals surface area contributed by atoms with Crippen molar-refractivity contribution >= 4 is 0 Å². The molecule has 0 aliphatic heterocycles. The van der Waals surface area contributed by atoms with Crippen LogP contribution in [0.5, 0.6) is 11.6 Å². The quantitative estimate of drug-likeness (QED) is 0.891. The minimum Gasteiger partial charge on any atom is -0.436 e. The number of rotatable bonds is 5. The highest BCUT2D eigenvalue weighted by Gasteiger charge is 2.06. The number of hydrogen-bond donors (Lipinski definition) is 1. The van der Waals surface area contributed by atoms with Gasteiger partial charge in [0.1, 0.15) is 0 Å². The number of nitrogens with zero attached hydrogens (tertiary/aromatic N) is 3. The van der Waals surface area contributed by atoms with E-state index < -0.39 is 0 Å². The lowest BCUT2D eigenvalue weighted by Gasteiger charge is -2.09. The van der Waals surface area contributed by atoms with Gasteiger partial charge in [0.2, 0.25) is 5.88 Å². The molecule has 0 bridgehead atoms. The fourth-order valence-electron chi connectivity index (χ4n) is 1.72. The van der Waals surface area contributed by atoms with Crippen molar-refractivity contribution in [2.45, 2.75) is 26.8 Å². The highest BCUT2D eigenvalue weighted by molar-refractivity contribution is 5.32. The molecule has 0 atom stereocenters. The van der Waals surface area contributed by atoms with E-state index in [9.17, 15) is 0 Å². The SMILES string of the molecule is CCc1nc(C)ccc1Oc1cnc(CNC)cn1. The summed E-state index contributed by atoms with van der Waals surface area (Å²) in [5.41, 5.74) is 2.80. The summed E-state index contributed by atoms with van der Waals surface area (Å²) < 4.78 is 5.73. The van der Waals surface area contributed by atoms with Crippen LogP contribution in [0, 0.1) is 6.92 Å². The van der Waals surface area contributed by atoms with E-state index in [1.807, 2.05) is 26.1 Å². The van der Waals surface area contributed by atoms with E-state index in [1.165, 1.54) is 0 Å². The van der Waals surface area contributed by atoms with E-state index >= 15 is 0 Å². The van der Waals surface area contributed by atoms with Crippen LogP contribution in [0.3, 0.4) is 0 Å². The Kier molecular flexibility index (Phi) is 4.41. The Hall–Kier alpha value is -2.01. The normalized spacial score (nSPS) is 10.5. The summed E-state index contributed by atoms with van der Waals surface area (Å²) in [5, 5.41) is 3.02. The van der Waals surface area contributed by atoms with Gasteiger partial charge in [0, 0.05) is 12.2 Å². The summed E-state index contributed by atoms with van der Waals surface area (Å²) in [7, 11) is 1.87. The Morgan fingerprint density at radius 1 is 1.21 bits per heavy atom. The predicted molar refractivity (Wildman–Crippen MR) is 73.2 cm³/mol. The largest absolute Gasteiger partial charge is 0.436 e. The second-order valence-electron chi connectivity index (χ2n) is 4.23. The summed E-state index contributed by atoms with van der Waals surface area (Å²) >= 11 is 0. The molecule has 0 fully saturated rings. The first-order valence-electron chi connectivity index (χ1n) is 6.32. The molecule has 0 radical (unpaired) electrons. The Morgan fingerprint density at radius 3 is 2.68 bits per heavy atom. The van der Waals surface area contributed by atoms with Crippen molar-refractivity contribution in [2.24, 2.45) is 0 Å². The first-order valence-corrected chi connectivity index (χ1v) is 6.32. The van der Waals surface area contributed by atoms with Crippen molar-refractivity contribution in [3.8, 4) is 11.6 Å². The molecular weight excluding hydrogens is 240 g/mol. The zero-order chi connectivity index (χ0) is 13.7. The van der Waals surface area contributed by atoms with Gasteiger partial charge in [-0.15, -0.1) is 0 Å². The van der Waals surface area contributed by atoms with Crippen LogP contribution in [-0.2, 0) is 13.0 Å². The van der Waals surface area contributed by atoms with Gasteiger partial charge in [-0.2, -0.15) is 0 Å². The molecule has 19 heavy (non-hydrogen) atoms. The number of aryl methyl sites for hydroxylation is 2. The van der Waals surface area contributed by atoms with E-state index in [0.717, 1.165) is 29.3 Å². The molecule has 5 heteroatoms. The van der Waals surface area contributed by atoms with Crippen molar-refractivity contribution < 1.29 is 4.74 Å². The lowest BCUT2D eigenvalue weighted by atomic mass is 10.2. The molecular formula is C14H18N4O. The summed E-state index contributed by atoms with van der Waals surface area (Å²) in [6, 6.07) is 3.85. The molecule has 0 amide bonds. The van der Waals surface area contributed by atoms with Gasteiger partial charge in [0.15, 0.2) is 5.75 Å². The van der Waals surface area contributed by atoms with Crippen LogP contribution in [0.15, 0.2) is 24.5 Å². The van der Waals surface area contributed by atoms with Gasteiger partial charge >= 0.3 is 0 Å². The third kappa shape index (κ3) is 3.48. The second-order valence-corrected chi connectivity index (χ2v) is 4.23. The average molecular weight is 258 g/mol. The second kappa shape index (κ2) is 6.24. The van der Waals surface area contributed by atoms with Gasteiger partial charge in [-0.1, -0.05) is 6.92 Å². The third-order valence-corrected chi connectivity index (χ3v) is 2.66. The zero-order valence-electron chi connectivity index (χ0n) is 11.5. The number of nitrogens with one attached hydrogen (secondary N) is 1. The maximum Gasteiger partial charge on any atom is 0.237 e. The van der Waals surface area contributed by atoms with Crippen molar-refractivity contribution in [3.63, 3.8) is 0 Å². The summed E-state index contributed by atoms with van der Waals surface area (Å²) in [5.74, 6) is 1.23. The van der Waals surface area contributed by atoms with Crippen LogP contribution in [-0.4, -0.2) is 22.0 Å². The fraction of sp³-hybridized carbons (Fsp3) is 0.357. The van der Waals surface area contributed by atoms with Crippen molar-refractivity contribution in [2.75, 3.05) is 7.05 Å². The predicted octanol–water partition coefficient (Wildman–Crippen LogP) is 2.25. The van der Waals surface area contributed by atoms with Crippen molar-refractivity contribution in [1.82, 2.24) is 20.3 Å². The molecule has 2 aromatic heterocycles. The van der Waals surface area contributed by atoms with E-state index in [2.05, 4.69) is 27.2 Å². The fourth-order valence-corrected chi connectivity index (χ4v) is 1.72. The molecule has 2 heterocycles. The maximum atomic E-state index is 5.73. The number of hydrogen-bond acceptors (Lipinski definition) is 5. The van der Waals surface area contributed by atoms with Gasteiger partial charge < -0.3 is 10.1 Å². The van der Waals surface area contributed by atoms with E-state index in [0.29, 0.717) is 12.4 Å². The topological polar surface area (TPSA) is 59.9 Å². The maximum absolute atomic E-state index is 5.73. The Balaban J connectivity index is 2.16. The van der Waals surface area contributed by atoms with E-state index in [-0.39, 0.29) is 0 Å². The van der Waals surface area contributed by atoms with Gasteiger partial charge in [0.05, 0.1) is 23.8 Å². The lowest BCUT2D eigenvalue weighted by Crippen LogP contribution is -2.07. The van der Waals surface area contributed by atoms with Gasteiger partial charge in [-0.3, -0.25) is 9.97 Å². The van der Waals surface area contributed by atoms with Crippen LogP contribution >= 0.6 is 0 Å². The molecule has 5 nitrogen and oxygen atoms in total. The Bertz CT molecular complexity index is 540. The monoisotopic (exact) mass is 258 g/mol. The number of aromatic nitrogens is 3. The minimum absolute atomic E-state index is 0.486. The van der Waals surface area contributed by atoms with Crippen LogP contribution in [0.1, 0.15) is 24.0 Å². The van der Waals surface area contributed by atoms with Crippen LogP contribution in [0.25, 0.3) is 0 Å². The lowest BCUT2D eigenvalue weighted by molar-refractivity contribution is 0.450. The molecule has 0 aliphatic rings. The smallest absolute Gasteiger partial charge is 0.237 e. The molecule has 0 saturated heterocycles. The van der Waals surface area contributed by atoms with Crippen LogP contribution < -0.4 is 10.1 Å². The Morgan fingerprint density at radius 2 is 2.05 bits per heavy atom. The third-order valence-electron chi connectivity index (χ3n) is 2.66. The summed E-state index contributed by atoms with van der Waals surface area (Å²) in [6.45, 7) is 4.71. The highest BCUT2D eigenvalue weighted by atomic mass is 16.5. The molecule has 2 aromatic rings. The molecule has 100 valence electrons. The number of ether oxygens (including phenoxy) is 1. The minimum atomic E-state index is 0.486. The molecule has 0 aromatic carbocycles. The number of pyridine rings is 1. The first-order chi connectivity index (χ1) is 9.22. The molecule has 0 unspecified atom stereocenters. The van der Waals surface area contributed by atoms with Crippen molar-refractivity contribution in [1.29, 1.82) is 0 Å². The Labute approximate surface area is 113 Å². The average Bonchev–Trinajstić information content (AvgIpc) is 2.43. The van der Waals surface area contributed by atoms with Gasteiger partial charge in [0.25, 0.3) is 0 Å². The van der Waals surface area contributed by atoms with E-state index in [1.54, 1.807) is 12.4 Å². The molecule has 0 spiro atoms. The molecule has 0 saturated carbocycles. The van der Waals surface area contributed by atoms with Crippen LogP contribution in [0.2, 0.25) is 0 Å². The van der Waals surface area contributed by atoms with Crippen molar-refractivity contribution in [3.05, 3.63) is 41.6 Å². The van der Waals surface area contributed by atoms with Gasteiger partial charge in [-0.25, -0.2) is 4.98 Å². The standard InChI is InChI=1S/C14H18N4O/c1-4-12-13(6-5-10(2)18-12)19-14-9-16-11(7-15-3)8-17-14/h5-6,8-9,15H,4,7H2,1-3H3. The summed E-state index contributed by atoms with van der Waals surface area (Å²) in [4.78, 5) is 13.0.